The minimum Gasteiger partial charge on any atom is -0.453 e. The maximum atomic E-state index is 12.5. The van der Waals surface area contributed by atoms with Crippen molar-refractivity contribution in [2.75, 3.05) is 0 Å². The highest BCUT2D eigenvalue weighted by atomic mass is 16.5. The fourth-order valence-corrected chi connectivity index (χ4v) is 2.55. The number of hydrogen-bond donors (Lipinski definition) is 0. The van der Waals surface area contributed by atoms with E-state index in [9.17, 15) is 4.79 Å². The first-order valence-corrected chi connectivity index (χ1v) is 6.54. The number of benzene rings is 2. The number of furan rings is 1. The van der Waals surface area contributed by atoms with Gasteiger partial charge in [0, 0.05) is 10.9 Å². The Hall–Kier alpha value is -2.39. The van der Waals surface area contributed by atoms with Crippen molar-refractivity contribution in [1.29, 1.82) is 0 Å². The van der Waals surface area contributed by atoms with Crippen molar-refractivity contribution in [1.82, 2.24) is 0 Å². The Kier molecular flexibility index (Phi) is 2.47. The molecule has 3 nitrogen and oxygen atoms in total. The molecular formula is C17H12O3. The second-order valence-corrected chi connectivity index (χ2v) is 4.95. The van der Waals surface area contributed by atoms with Gasteiger partial charge < -0.3 is 9.15 Å². The molecule has 3 aromatic rings. The summed E-state index contributed by atoms with van der Waals surface area (Å²) in [5, 5.41) is 0.945. The van der Waals surface area contributed by atoms with Crippen LogP contribution in [0.25, 0.3) is 11.0 Å². The molecular weight excluding hydrogens is 252 g/mol. The number of para-hydroxylation sites is 1. The van der Waals surface area contributed by atoms with Gasteiger partial charge in [0.05, 0.1) is 13.2 Å². The zero-order valence-corrected chi connectivity index (χ0v) is 10.8. The van der Waals surface area contributed by atoms with Gasteiger partial charge in [0.15, 0.2) is 5.76 Å². The highest BCUT2D eigenvalue weighted by Gasteiger charge is 2.18. The fraction of sp³-hybridized carbons (Fsp3) is 0.118. The van der Waals surface area contributed by atoms with Gasteiger partial charge in [-0.05, 0) is 29.3 Å². The van der Waals surface area contributed by atoms with Crippen LogP contribution in [0.3, 0.4) is 0 Å². The first-order chi connectivity index (χ1) is 9.81. The topological polar surface area (TPSA) is 39.4 Å². The molecule has 0 unspecified atom stereocenters. The zero-order valence-electron chi connectivity index (χ0n) is 10.8. The van der Waals surface area contributed by atoms with Crippen LogP contribution in [-0.4, -0.2) is 5.78 Å². The molecule has 0 saturated carbocycles. The van der Waals surface area contributed by atoms with Crippen LogP contribution in [0.4, 0.5) is 0 Å². The fourth-order valence-electron chi connectivity index (χ4n) is 2.55. The third-order valence-corrected chi connectivity index (χ3v) is 3.63. The second kappa shape index (κ2) is 4.32. The van der Waals surface area contributed by atoms with Gasteiger partial charge in [-0.3, -0.25) is 4.79 Å². The third-order valence-electron chi connectivity index (χ3n) is 3.63. The first kappa shape index (κ1) is 11.4. The van der Waals surface area contributed by atoms with Crippen molar-refractivity contribution in [3.63, 3.8) is 0 Å². The number of hydrogen-bond acceptors (Lipinski definition) is 3. The molecule has 1 aromatic heterocycles. The summed E-state index contributed by atoms with van der Waals surface area (Å²) in [7, 11) is 0. The van der Waals surface area contributed by atoms with E-state index < -0.39 is 0 Å². The minimum atomic E-state index is -0.0871. The molecule has 0 radical (unpaired) electrons. The van der Waals surface area contributed by atoms with E-state index in [0.717, 1.165) is 22.1 Å². The minimum absolute atomic E-state index is 0.0871. The van der Waals surface area contributed by atoms with E-state index in [2.05, 4.69) is 0 Å². The smallest absolute Gasteiger partial charge is 0.228 e. The Bertz CT molecular complexity index is 781. The third kappa shape index (κ3) is 1.75. The molecule has 0 N–H and O–H groups in total. The van der Waals surface area contributed by atoms with Crippen LogP contribution in [0, 0.1) is 0 Å². The van der Waals surface area contributed by atoms with Gasteiger partial charge in [-0.25, -0.2) is 0 Å². The molecule has 0 amide bonds. The highest BCUT2D eigenvalue weighted by Crippen LogP contribution is 2.24. The molecule has 4 rings (SSSR count). The molecule has 0 atom stereocenters. The largest absolute Gasteiger partial charge is 0.453 e. The van der Waals surface area contributed by atoms with E-state index in [4.69, 9.17) is 9.15 Å². The summed E-state index contributed by atoms with van der Waals surface area (Å²) < 4.78 is 11.0. The number of ether oxygens (including phenoxy) is 1. The van der Waals surface area contributed by atoms with Gasteiger partial charge in [0.1, 0.15) is 5.58 Å². The maximum Gasteiger partial charge on any atom is 0.228 e. The van der Waals surface area contributed by atoms with Crippen molar-refractivity contribution in [3.05, 3.63) is 71.0 Å². The van der Waals surface area contributed by atoms with E-state index in [-0.39, 0.29) is 5.78 Å². The number of fused-ring (bicyclic) bond motifs is 2. The molecule has 3 heteroatoms. The number of carbonyl (C=O) groups is 1. The molecule has 98 valence electrons. The van der Waals surface area contributed by atoms with Crippen LogP contribution < -0.4 is 0 Å². The van der Waals surface area contributed by atoms with Crippen LogP contribution in [0.15, 0.2) is 52.9 Å². The molecule has 0 spiro atoms. The Balaban J connectivity index is 1.76. The molecule has 0 saturated heterocycles. The van der Waals surface area contributed by atoms with Crippen molar-refractivity contribution in [2.24, 2.45) is 0 Å². The number of ketones is 1. The molecule has 20 heavy (non-hydrogen) atoms. The number of rotatable bonds is 2. The molecule has 1 aliphatic heterocycles. The lowest BCUT2D eigenvalue weighted by Crippen LogP contribution is -2.00. The van der Waals surface area contributed by atoms with E-state index in [1.807, 2.05) is 42.5 Å². The van der Waals surface area contributed by atoms with E-state index in [1.165, 1.54) is 0 Å². The van der Waals surface area contributed by atoms with Gasteiger partial charge in [-0.2, -0.15) is 0 Å². The summed E-state index contributed by atoms with van der Waals surface area (Å²) in [5.41, 5.74) is 3.63. The van der Waals surface area contributed by atoms with Crippen molar-refractivity contribution >= 4 is 16.8 Å². The standard InChI is InChI=1S/C17H12O3/c18-17(12-5-6-13-9-19-10-14(13)7-12)16-8-11-3-1-2-4-15(11)20-16/h1-8H,9-10H2. The van der Waals surface area contributed by atoms with Crippen LogP contribution in [0.2, 0.25) is 0 Å². The lowest BCUT2D eigenvalue weighted by Gasteiger charge is -2.01. The summed E-state index contributed by atoms with van der Waals surface area (Å²) in [6.07, 6.45) is 0. The molecule has 0 fully saturated rings. The first-order valence-electron chi connectivity index (χ1n) is 6.54. The Morgan fingerprint density at radius 1 is 0.950 bits per heavy atom. The normalized spacial score (nSPS) is 13.6. The van der Waals surface area contributed by atoms with E-state index in [1.54, 1.807) is 6.07 Å². The Morgan fingerprint density at radius 2 is 1.80 bits per heavy atom. The number of carbonyl (C=O) groups excluding carboxylic acids is 1. The van der Waals surface area contributed by atoms with Crippen LogP contribution in [0.5, 0.6) is 0 Å². The van der Waals surface area contributed by atoms with Crippen LogP contribution in [-0.2, 0) is 18.0 Å². The van der Waals surface area contributed by atoms with Crippen molar-refractivity contribution in [2.45, 2.75) is 13.2 Å². The monoisotopic (exact) mass is 264 g/mol. The van der Waals surface area contributed by atoms with Crippen molar-refractivity contribution < 1.29 is 13.9 Å². The van der Waals surface area contributed by atoms with Gasteiger partial charge in [0.25, 0.3) is 0 Å². The summed E-state index contributed by atoms with van der Waals surface area (Å²) >= 11 is 0. The summed E-state index contributed by atoms with van der Waals surface area (Å²) in [6, 6.07) is 15.1. The molecule has 2 heterocycles. The highest BCUT2D eigenvalue weighted by molar-refractivity contribution is 6.09. The summed E-state index contributed by atoms with van der Waals surface area (Å²) in [6.45, 7) is 1.21. The van der Waals surface area contributed by atoms with Crippen molar-refractivity contribution in [3.8, 4) is 0 Å². The van der Waals surface area contributed by atoms with Gasteiger partial charge in [-0.15, -0.1) is 0 Å². The predicted octanol–water partition coefficient (Wildman–Crippen LogP) is 3.69. The maximum absolute atomic E-state index is 12.5. The predicted molar refractivity (Wildman–Crippen MR) is 74.6 cm³/mol. The zero-order chi connectivity index (χ0) is 13.5. The Labute approximate surface area is 115 Å². The van der Waals surface area contributed by atoms with E-state index in [0.29, 0.717) is 24.5 Å². The molecule has 1 aliphatic rings. The quantitative estimate of drug-likeness (QED) is 0.662. The average Bonchev–Trinajstić information content (AvgIpc) is 3.11. The molecule has 2 aromatic carbocycles. The average molecular weight is 264 g/mol. The summed E-state index contributed by atoms with van der Waals surface area (Å²) in [5.74, 6) is 0.293. The second-order valence-electron chi connectivity index (χ2n) is 4.95. The molecule has 0 bridgehead atoms. The van der Waals surface area contributed by atoms with E-state index >= 15 is 0 Å². The summed E-state index contributed by atoms with van der Waals surface area (Å²) in [4.78, 5) is 12.5. The lowest BCUT2D eigenvalue weighted by atomic mass is 10.0. The SMILES string of the molecule is O=C(c1ccc2c(c1)COC2)c1cc2ccccc2o1. The Morgan fingerprint density at radius 3 is 2.70 bits per heavy atom. The van der Waals surface area contributed by atoms with Crippen LogP contribution in [0.1, 0.15) is 27.2 Å². The van der Waals surface area contributed by atoms with Crippen LogP contribution >= 0.6 is 0 Å². The van der Waals surface area contributed by atoms with Gasteiger partial charge >= 0.3 is 0 Å². The van der Waals surface area contributed by atoms with Gasteiger partial charge in [-0.1, -0.05) is 30.3 Å². The molecule has 0 aliphatic carbocycles. The van der Waals surface area contributed by atoms with Gasteiger partial charge in [0.2, 0.25) is 5.78 Å². The lowest BCUT2D eigenvalue weighted by molar-refractivity contribution is 0.101.